The number of nitro benzene ring substituents is 1. The van der Waals surface area contributed by atoms with Crippen LogP contribution in [0.2, 0.25) is 0 Å². The Morgan fingerprint density at radius 2 is 2.03 bits per heavy atom. The standard InChI is InChI=1S/C22H18N4O8/c1-12-13(2)25(9-14-4-3-5-31-14)21(16(12)8-23)24-20(27)10-32-22(28)15-6-18-19(34-11-33-18)7-17(15)26(29)30/h3-7H,9-11H2,1-2H3,(H,24,27). The number of nitrogens with one attached hydrogen (secondary N) is 1. The molecule has 1 amide bonds. The number of carbonyl (C=O) groups excluding carboxylic acids is 2. The molecule has 0 fully saturated rings. The van der Waals surface area contributed by atoms with E-state index in [9.17, 15) is 25.0 Å². The van der Waals surface area contributed by atoms with E-state index in [2.05, 4.69) is 11.4 Å². The highest BCUT2D eigenvalue weighted by Gasteiger charge is 2.29. The van der Waals surface area contributed by atoms with Crippen molar-refractivity contribution in [2.24, 2.45) is 0 Å². The van der Waals surface area contributed by atoms with Crippen LogP contribution in [0.5, 0.6) is 11.5 Å². The van der Waals surface area contributed by atoms with Crippen LogP contribution in [-0.2, 0) is 16.1 Å². The van der Waals surface area contributed by atoms with Gasteiger partial charge < -0.3 is 28.5 Å². The van der Waals surface area contributed by atoms with E-state index in [0.717, 1.165) is 17.8 Å². The fourth-order valence-electron chi connectivity index (χ4n) is 3.51. The number of hydrogen-bond donors (Lipinski definition) is 1. The van der Waals surface area contributed by atoms with E-state index in [1.165, 1.54) is 6.26 Å². The fourth-order valence-corrected chi connectivity index (χ4v) is 3.51. The molecule has 0 atom stereocenters. The average Bonchev–Trinajstić information content (AvgIpc) is 3.54. The molecule has 1 aromatic carbocycles. The van der Waals surface area contributed by atoms with Crippen LogP contribution in [0.15, 0.2) is 34.9 Å². The lowest BCUT2D eigenvalue weighted by molar-refractivity contribution is -0.385. The average molecular weight is 466 g/mol. The molecule has 1 N–H and O–H groups in total. The number of nitro groups is 1. The maximum atomic E-state index is 12.6. The van der Waals surface area contributed by atoms with Gasteiger partial charge >= 0.3 is 5.97 Å². The molecule has 3 heterocycles. The lowest BCUT2D eigenvalue weighted by atomic mass is 10.1. The first kappa shape index (κ1) is 22.4. The summed E-state index contributed by atoms with van der Waals surface area (Å²) in [5.41, 5.74) is 0.761. The normalized spacial score (nSPS) is 11.7. The first-order valence-electron chi connectivity index (χ1n) is 9.97. The summed E-state index contributed by atoms with van der Waals surface area (Å²) in [7, 11) is 0. The number of amides is 1. The molecule has 4 rings (SSSR count). The van der Waals surface area contributed by atoms with Gasteiger partial charge in [-0.2, -0.15) is 5.26 Å². The summed E-state index contributed by atoms with van der Waals surface area (Å²) in [6.45, 7) is 2.94. The van der Waals surface area contributed by atoms with Crippen molar-refractivity contribution in [2.75, 3.05) is 18.7 Å². The minimum atomic E-state index is -1.08. The van der Waals surface area contributed by atoms with E-state index in [1.807, 2.05) is 0 Å². The van der Waals surface area contributed by atoms with Crippen LogP contribution in [0.25, 0.3) is 0 Å². The number of carbonyl (C=O) groups is 2. The van der Waals surface area contributed by atoms with Crippen molar-refractivity contribution in [1.82, 2.24) is 4.57 Å². The Labute approximate surface area is 192 Å². The molecule has 0 radical (unpaired) electrons. The van der Waals surface area contributed by atoms with Crippen molar-refractivity contribution in [1.29, 1.82) is 5.26 Å². The van der Waals surface area contributed by atoms with Gasteiger partial charge in [-0.25, -0.2) is 4.79 Å². The van der Waals surface area contributed by atoms with Gasteiger partial charge in [0.05, 0.1) is 29.4 Å². The number of esters is 1. The van der Waals surface area contributed by atoms with Gasteiger partial charge in [-0.3, -0.25) is 14.9 Å². The van der Waals surface area contributed by atoms with Crippen molar-refractivity contribution in [2.45, 2.75) is 20.4 Å². The molecule has 3 aromatic rings. The predicted molar refractivity (Wildman–Crippen MR) is 115 cm³/mol. The highest BCUT2D eigenvalue weighted by atomic mass is 16.7. The second-order valence-electron chi connectivity index (χ2n) is 7.32. The summed E-state index contributed by atoms with van der Waals surface area (Å²) in [5.74, 6) is -0.690. The molecule has 12 nitrogen and oxygen atoms in total. The maximum Gasteiger partial charge on any atom is 0.345 e. The zero-order chi connectivity index (χ0) is 24.4. The van der Waals surface area contributed by atoms with E-state index in [-0.39, 0.29) is 41.8 Å². The number of fused-ring (bicyclic) bond motifs is 1. The SMILES string of the molecule is Cc1c(C#N)c(NC(=O)COC(=O)c2cc3c(cc2[N+](=O)[O-])OCO3)n(Cc2ccco2)c1C. The molecule has 12 heteroatoms. The minimum Gasteiger partial charge on any atom is -0.467 e. The third kappa shape index (κ3) is 4.14. The van der Waals surface area contributed by atoms with E-state index in [1.54, 1.807) is 30.5 Å². The molecule has 0 aliphatic carbocycles. The summed E-state index contributed by atoms with van der Waals surface area (Å²) >= 11 is 0. The largest absolute Gasteiger partial charge is 0.467 e. The number of benzene rings is 1. The lowest BCUT2D eigenvalue weighted by Gasteiger charge is -2.12. The molecular formula is C22H18N4O8. The molecule has 0 spiro atoms. The number of nitriles is 1. The van der Waals surface area contributed by atoms with E-state index < -0.39 is 29.1 Å². The van der Waals surface area contributed by atoms with Gasteiger partial charge in [0.1, 0.15) is 23.2 Å². The van der Waals surface area contributed by atoms with Crippen LogP contribution in [-0.4, -0.2) is 34.8 Å². The Kier molecular flexibility index (Phi) is 5.92. The third-order valence-corrected chi connectivity index (χ3v) is 5.33. The molecule has 1 aliphatic rings. The van der Waals surface area contributed by atoms with Crippen LogP contribution in [0.4, 0.5) is 11.5 Å². The Bertz CT molecular complexity index is 1330. The second kappa shape index (κ2) is 8.99. The van der Waals surface area contributed by atoms with Crippen molar-refractivity contribution < 1.29 is 33.1 Å². The summed E-state index contributed by atoms with van der Waals surface area (Å²) in [4.78, 5) is 35.7. The summed E-state index contributed by atoms with van der Waals surface area (Å²) in [5, 5.41) is 23.5. The quantitative estimate of drug-likeness (QED) is 0.314. The molecule has 34 heavy (non-hydrogen) atoms. The van der Waals surface area contributed by atoms with Gasteiger partial charge in [0.25, 0.3) is 11.6 Å². The molecule has 0 saturated carbocycles. The monoisotopic (exact) mass is 466 g/mol. The van der Waals surface area contributed by atoms with Gasteiger partial charge in [-0.05, 0) is 31.5 Å². The molecule has 0 unspecified atom stereocenters. The summed E-state index contributed by atoms with van der Waals surface area (Å²) < 4.78 is 22.3. The molecule has 2 aromatic heterocycles. The smallest absolute Gasteiger partial charge is 0.345 e. The van der Waals surface area contributed by atoms with Gasteiger partial charge in [0.15, 0.2) is 18.1 Å². The molecule has 174 valence electrons. The first-order valence-corrected chi connectivity index (χ1v) is 9.97. The predicted octanol–water partition coefficient (Wildman–Crippen LogP) is 3.05. The number of hydrogen-bond acceptors (Lipinski definition) is 9. The van der Waals surface area contributed by atoms with Gasteiger partial charge in [0.2, 0.25) is 6.79 Å². The molecule has 0 bridgehead atoms. The highest BCUT2D eigenvalue weighted by Crippen LogP contribution is 2.38. The van der Waals surface area contributed by atoms with Crippen molar-refractivity contribution in [3.8, 4) is 17.6 Å². The Morgan fingerprint density at radius 3 is 2.68 bits per heavy atom. The van der Waals surface area contributed by atoms with Crippen LogP contribution in [0.1, 0.15) is 32.9 Å². The van der Waals surface area contributed by atoms with Crippen molar-refractivity contribution in [3.63, 3.8) is 0 Å². The topological polar surface area (TPSA) is 159 Å². The number of anilines is 1. The van der Waals surface area contributed by atoms with Crippen LogP contribution < -0.4 is 14.8 Å². The van der Waals surface area contributed by atoms with E-state index >= 15 is 0 Å². The Balaban J connectivity index is 1.51. The molecule has 0 saturated heterocycles. The Hall–Kier alpha value is -4.79. The number of rotatable bonds is 7. The zero-order valence-corrected chi connectivity index (χ0v) is 18.1. The fraction of sp³-hybridized carbons (Fsp3) is 0.227. The number of nitrogens with zero attached hydrogens (tertiary/aromatic N) is 3. The van der Waals surface area contributed by atoms with Gasteiger partial charge in [0, 0.05) is 11.8 Å². The number of aromatic nitrogens is 1. The van der Waals surface area contributed by atoms with Crippen molar-refractivity contribution >= 4 is 23.4 Å². The maximum absolute atomic E-state index is 12.6. The van der Waals surface area contributed by atoms with E-state index in [4.69, 9.17) is 18.6 Å². The van der Waals surface area contributed by atoms with Gasteiger partial charge in [-0.1, -0.05) is 0 Å². The zero-order valence-electron chi connectivity index (χ0n) is 18.1. The summed E-state index contributed by atoms with van der Waals surface area (Å²) in [6.07, 6.45) is 1.51. The first-order chi connectivity index (χ1) is 16.3. The second-order valence-corrected chi connectivity index (χ2v) is 7.32. The number of ether oxygens (including phenoxy) is 3. The van der Waals surface area contributed by atoms with E-state index in [0.29, 0.717) is 11.3 Å². The van der Waals surface area contributed by atoms with Crippen LogP contribution >= 0.6 is 0 Å². The van der Waals surface area contributed by atoms with Crippen molar-refractivity contribution in [3.05, 3.63) is 68.8 Å². The third-order valence-electron chi connectivity index (χ3n) is 5.33. The number of furan rings is 1. The molecule has 1 aliphatic heterocycles. The minimum absolute atomic E-state index is 0.132. The van der Waals surface area contributed by atoms with Crippen LogP contribution in [0.3, 0.4) is 0 Å². The molecular weight excluding hydrogens is 448 g/mol. The van der Waals surface area contributed by atoms with Gasteiger partial charge in [-0.15, -0.1) is 0 Å². The Morgan fingerprint density at radius 1 is 1.29 bits per heavy atom. The summed E-state index contributed by atoms with van der Waals surface area (Å²) in [6, 6.07) is 7.74. The highest BCUT2D eigenvalue weighted by molar-refractivity contribution is 5.98. The van der Waals surface area contributed by atoms with Crippen LogP contribution in [0, 0.1) is 35.3 Å². The lowest BCUT2D eigenvalue weighted by Crippen LogP contribution is -2.23.